The zero-order valence-corrected chi connectivity index (χ0v) is 25.9. The molecule has 0 bridgehead atoms. The maximum absolute atomic E-state index is 14.0. The summed E-state index contributed by atoms with van der Waals surface area (Å²) in [6, 6.07) is 17.4. The number of halogens is 2. The first kappa shape index (κ1) is 31.5. The van der Waals surface area contributed by atoms with Crippen molar-refractivity contribution >= 4 is 50.7 Å². The Morgan fingerprint density at radius 3 is 2.10 bits per heavy atom. The number of anilines is 1. The van der Waals surface area contributed by atoms with Crippen LogP contribution in [0.1, 0.15) is 44.4 Å². The van der Waals surface area contributed by atoms with Crippen molar-refractivity contribution < 1.29 is 18.0 Å². The lowest BCUT2D eigenvalue weighted by molar-refractivity contribution is -0.140. The summed E-state index contributed by atoms with van der Waals surface area (Å²) in [4.78, 5) is 28.6. The summed E-state index contributed by atoms with van der Waals surface area (Å²) in [6.07, 6.45) is 0. The number of sulfonamides is 1. The second kappa shape index (κ2) is 12.6. The van der Waals surface area contributed by atoms with Crippen LogP contribution in [-0.2, 0) is 26.2 Å². The Balaban J connectivity index is 2.09. The molecule has 0 heterocycles. The number of amides is 2. The molecule has 7 nitrogen and oxygen atoms in total. The largest absolute Gasteiger partial charge is 0.350 e. The van der Waals surface area contributed by atoms with E-state index in [9.17, 15) is 18.0 Å². The third kappa shape index (κ3) is 7.56. The Bertz CT molecular complexity index is 1490. The van der Waals surface area contributed by atoms with Crippen LogP contribution in [0.5, 0.6) is 0 Å². The summed E-state index contributed by atoms with van der Waals surface area (Å²) < 4.78 is 29.0. The third-order valence-electron chi connectivity index (χ3n) is 6.36. The van der Waals surface area contributed by atoms with Crippen molar-refractivity contribution in [1.82, 2.24) is 10.2 Å². The molecule has 0 spiro atoms. The van der Waals surface area contributed by atoms with E-state index in [2.05, 4.69) is 5.32 Å². The number of aryl methyl sites for hydroxylation is 1. The van der Waals surface area contributed by atoms with Crippen LogP contribution in [0.4, 0.5) is 5.69 Å². The average molecular weight is 605 g/mol. The van der Waals surface area contributed by atoms with Crippen molar-refractivity contribution in [2.75, 3.05) is 10.8 Å². The predicted octanol–water partition coefficient (Wildman–Crippen LogP) is 6.14. The van der Waals surface area contributed by atoms with E-state index in [4.69, 9.17) is 23.2 Å². The van der Waals surface area contributed by atoms with Gasteiger partial charge in [-0.1, -0.05) is 65.2 Å². The van der Waals surface area contributed by atoms with Gasteiger partial charge in [-0.05, 0) is 83.0 Å². The minimum absolute atomic E-state index is 0.00415. The quantitative estimate of drug-likeness (QED) is 0.318. The molecule has 3 aromatic rings. The van der Waals surface area contributed by atoms with Gasteiger partial charge in [-0.25, -0.2) is 8.42 Å². The van der Waals surface area contributed by atoms with Crippen LogP contribution in [-0.4, -0.2) is 43.3 Å². The number of hydrogen-bond donors (Lipinski definition) is 1. The lowest BCUT2D eigenvalue weighted by atomic mass is 10.1. The lowest BCUT2D eigenvalue weighted by Gasteiger charge is -2.34. The number of nitrogens with zero attached hydrogens (tertiary/aromatic N) is 2. The van der Waals surface area contributed by atoms with Crippen molar-refractivity contribution in [3.63, 3.8) is 0 Å². The summed E-state index contributed by atoms with van der Waals surface area (Å²) >= 11 is 12.8. The molecule has 0 fully saturated rings. The first-order valence-corrected chi connectivity index (χ1v) is 15.0. The van der Waals surface area contributed by atoms with Crippen LogP contribution in [0, 0.1) is 13.8 Å². The molecule has 0 aliphatic heterocycles. The molecule has 40 heavy (non-hydrogen) atoms. The molecule has 0 radical (unpaired) electrons. The highest BCUT2D eigenvalue weighted by Gasteiger charge is 2.34. The molecule has 0 aliphatic carbocycles. The van der Waals surface area contributed by atoms with Crippen LogP contribution in [0.2, 0.25) is 10.0 Å². The fraction of sp³-hybridized carbons (Fsp3) is 0.333. The zero-order chi connectivity index (χ0) is 29.8. The molecule has 214 valence electrons. The molecule has 0 aliphatic rings. The Labute approximate surface area is 247 Å². The molecular formula is C30H35Cl2N3O4S. The number of hydrogen-bond acceptors (Lipinski definition) is 4. The van der Waals surface area contributed by atoms with Gasteiger partial charge in [0.05, 0.1) is 10.6 Å². The first-order valence-electron chi connectivity index (χ1n) is 12.8. The Kier molecular flexibility index (Phi) is 9.93. The molecule has 3 aromatic carbocycles. The summed E-state index contributed by atoms with van der Waals surface area (Å²) in [7, 11) is -4.19. The van der Waals surface area contributed by atoms with Crippen molar-refractivity contribution in [2.24, 2.45) is 0 Å². The van der Waals surface area contributed by atoms with Crippen LogP contribution < -0.4 is 9.62 Å². The zero-order valence-electron chi connectivity index (χ0n) is 23.5. The van der Waals surface area contributed by atoms with E-state index in [1.165, 1.54) is 17.0 Å². The Morgan fingerprint density at radius 1 is 0.900 bits per heavy atom. The highest BCUT2D eigenvalue weighted by Crippen LogP contribution is 2.31. The lowest BCUT2D eigenvalue weighted by Crippen LogP contribution is -2.54. The number of carbonyl (C=O) groups is 2. The van der Waals surface area contributed by atoms with Gasteiger partial charge in [0, 0.05) is 22.1 Å². The van der Waals surface area contributed by atoms with Crippen molar-refractivity contribution in [1.29, 1.82) is 0 Å². The Morgan fingerprint density at radius 2 is 1.50 bits per heavy atom. The topological polar surface area (TPSA) is 86.8 Å². The minimum Gasteiger partial charge on any atom is -0.350 e. The monoisotopic (exact) mass is 603 g/mol. The highest BCUT2D eigenvalue weighted by molar-refractivity contribution is 7.92. The standard InChI is InChI=1S/C30H35Cl2N3O4S/c1-20-14-16-24(17-15-20)40(38,39)35(27-13-9-12-25(31)21(27)2)19-28(36)34(18-23-10-7-8-11-26(23)32)22(3)29(37)33-30(4,5)6/h7-17,22H,18-19H2,1-6H3,(H,33,37)/t22-/m1/s1. The van der Waals surface area contributed by atoms with Crippen LogP contribution in [0.3, 0.4) is 0 Å². The molecule has 0 aromatic heterocycles. The van der Waals surface area contributed by atoms with E-state index < -0.39 is 34.1 Å². The van der Waals surface area contributed by atoms with Gasteiger partial charge >= 0.3 is 0 Å². The van der Waals surface area contributed by atoms with E-state index in [1.807, 2.05) is 27.7 Å². The number of nitrogens with one attached hydrogen (secondary N) is 1. The van der Waals surface area contributed by atoms with E-state index in [1.54, 1.807) is 68.4 Å². The molecule has 1 atom stereocenters. The van der Waals surface area contributed by atoms with Crippen molar-refractivity contribution in [2.45, 2.75) is 64.6 Å². The second-order valence-electron chi connectivity index (χ2n) is 10.7. The maximum atomic E-state index is 14.0. The number of rotatable bonds is 9. The van der Waals surface area contributed by atoms with E-state index >= 15 is 0 Å². The number of benzene rings is 3. The SMILES string of the molecule is Cc1ccc(S(=O)(=O)N(CC(=O)N(Cc2ccccc2Cl)[C@H](C)C(=O)NC(C)(C)C)c2cccc(Cl)c2C)cc1. The molecular weight excluding hydrogens is 569 g/mol. The van der Waals surface area contributed by atoms with E-state index in [0.29, 0.717) is 21.2 Å². The first-order chi connectivity index (χ1) is 18.6. The normalized spacial score (nSPS) is 12.5. The molecule has 3 rings (SSSR count). The van der Waals surface area contributed by atoms with Crippen molar-refractivity contribution in [3.05, 3.63) is 93.5 Å². The smallest absolute Gasteiger partial charge is 0.264 e. The maximum Gasteiger partial charge on any atom is 0.264 e. The average Bonchev–Trinajstić information content (AvgIpc) is 2.87. The van der Waals surface area contributed by atoms with Gasteiger partial charge in [-0.2, -0.15) is 0 Å². The van der Waals surface area contributed by atoms with Gasteiger partial charge < -0.3 is 10.2 Å². The summed E-state index contributed by atoms with van der Waals surface area (Å²) in [5, 5.41) is 3.69. The summed E-state index contributed by atoms with van der Waals surface area (Å²) in [6.45, 7) is 10.1. The van der Waals surface area contributed by atoms with E-state index in [-0.39, 0.29) is 23.0 Å². The fourth-order valence-electron chi connectivity index (χ4n) is 4.08. The van der Waals surface area contributed by atoms with Crippen molar-refractivity contribution in [3.8, 4) is 0 Å². The highest BCUT2D eigenvalue weighted by atomic mass is 35.5. The second-order valence-corrected chi connectivity index (χ2v) is 13.4. The van der Waals surface area contributed by atoms with Gasteiger partial charge in [0.1, 0.15) is 12.6 Å². The third-order valence-corrected chi connectivity index (χ3v) is 8.91. The van der Waals surface area contributed by atoms with Gasteiger partial charge in [-0.3, -0.25) is 13.9 Å². The van der Waals surface area contributed by atoms with Gasteiger partial charge in [-0.15, -0.1) is 0 Å². The van der Waals surface area contributed by atoms with E-state index in [0.717, 1.165) is 9.87 Å². The fourth-order valence-corrected chi connectivity index (χ4v) is 5.92. The molecule has 0 saturated heterocycles. The molecule has 10 heteroatoms. The van der Waals surface area contributed by atoms with Crippen LogP contribution in [0.25, 0.3) is 0 Å². The molecule has 2 amide bonds. The molecule has 1 N–H and O–H groups in total. The molecule has 0 unspecified atom stereocenters. The summed E-state index contributed by atoms with van der Waals surface area (Å²) in [5.41, 5.74) is 1.75. The van der Waals surface area contributed by atoms with Gasteiger partial charge in [0.25, 0.3) is 10.0 Å². The molecule has 0 saturated carbocycles. The van der Waals surface area contributed by atoms with Crippen LogP contribution >= 0.6 is 23.2 Å². The van der Waals surface area contributed by atoms with Gasteiger partial charge in [0.2, 0.25) is 11.8 Å². The predicted molar refractivity (Wildman–Crippen MR) is 161 cm³/mol. The Hall–Kier alpha value is -3.07. The number of carbonyl (C=O) groups excluding carboxylic acids is 2. The van der Waals surface area contributed by atoms with Gasteiger partial charge in [0.15, 0.2) is 0 Å². The summed E-state index contributed by atoms with van der Waals surface area (Å²) in [5.74, 6) is -0.952. The minimum atomic E-state index is -4.19. The van der Waals surface area contributed by atoms with Crippen LogP contribution in [0.15, 0.2) is 71.6 Å².